The molecule has 0 spiro atoms. The fourth-order valence-corrected chi connectivity index (χ4v) is 0.882. The Labute approximate surface area is 69.0 Å². The molecule has 0 aliphatic carbocycles. The molecule has 12 heavy (non-hydrogen) atoms. The van der Waals surface area contributed by atoms with Gasteiger partial charge in [-0.05, 0) is 0 Å². The van der Waals surface area contributed by atoms with Crippen molar-refractivity contribution in [3.63, 3.8) is 0 Å². The van der Waals surface area contributed by atoms with E-state index in [9.17, 15) is 4.79 Å². The van der Waals surface area contributed by atoms with Gasteiger partial charge in [-0.1, -0.05) is 0 Å². The Morgan fingerprint density at radius 3 is 3.00 bits per heavy atom. The van der Waals surface area contributed by atoms with Crippen molar-refractivity contribution in [2.24, 2.45) is 10.7 Å². The number of carbonyl (C=O) groups is 1. The molecule has 1 atom stereocenters. The molecule has 6 nitrogen and oxygen atoms in total. The molecule has 0 bridgehead atoms. The van der Waals surface area contributed by atoms with E-state index < -0.39 is 12.0 Å². The second-order valence-corrected chi connectivity index (χ2v) is 2.53. The maximum absolute atomic E-state index is 10.3. The number of nitrogens with one attached hydrogen (secondary N) is 2. The van der Waals surface area contributed by atoms with E-state index in [0.29, 0.717) is 12.3 Å². The smallest absolute Gasteiger partial charge is 0.320 e. The minimum absolute atomic E-state index is 0.0718. The average molecular weight is 170 g/mol. The van der Waals surface area contributed by atoms with E-state index in [0.717, 1.165) is 0 Å². The maximum Gasteiger partial charge on any atom is 0.320 e. The first kappa shape index (κ1) is 8.66. The Bertz CT molecular complexity index is 248. The Morgan fingerprint density at radius 1 is 1.92 bits per heavy atom. The number of hydrogen-bond donors (Lipinski definition) is 4. The lowest BCUT2D eigenvalue weighted by Crippen LogP contribution is -2.33. The van der Waals surface area contributed by atoms with E-state index in [1.54, 1.807) is 0 Å². The zero-order valence-corrected chi connectivity index (χ0v) is 6.37. The topological polar surface area (TPSA) is 112 Å². The van der Waals surface area contributed by atoms with Crippen molar-refractivity contribution in [3.05, 3.63) is 0 Å². The first-order valence-electron chi connectivity index (χ1n) is 3.47. The highest BCUT2D eigenvalue weighted by molar-refractivity contribution is 6.04. The molecule has 1 rings (SSSR count). The second-order valence-electron chi connectivity index (χ2n) is 2.53. The van der Waals surface area contributed by atoms with E-state index in [-0.39, 0.29) is 12.4 Å². The summed E-state index contributed by atoms with van der Waals surface area (Å²) in [6.45, 7) is 0.430. The first-order valence-corrected chi connectivity index (χ1v) is 3.47. The molecule has 0 saturated carbocycles. The molecule has 5 N–H and O–H groups in total. The van der Waals surface area contributed by atoms with Gasteiger partial charge < -0.3 is 16.2 Å². The molecule has 1 heterocycles. The van der Waals surface area contributed by atoms with Gasteiger partial charge in [0.05, 0.1) is 6.54 Å². The molecular weight excluding hydrogens is 160 g/mol. The van der Waals surface area contributed by atoms with Crippen molar-refractivity contribution >= 4 is 17.6 Å². The Kier molecular flexibility index (Phi) is 2.39. The molecule has 66 valence electrons. The molecular formula is C6H10N4O2. The van der Waals surface area contributed by atoms with Gasteiger partial charge in [0, 0.05) is 12.1 Å². The lowest BCUT2D eigenvalue weighted by molar-refractivity contribution is -0.138. The normalized spacial score (nSPS) is 18.4. The highest BCUT2D eigenvalue weighted by atomic mass is 16.4. The number of guanidine groups is 1. The van der Waals surface area contributed by atoms with Crippen LogP contribution in [0.2, 0.25) is 0 Å². The Morgan fingerprint density at radius 2 is 2.58 bits per heavy atom. The number of aliphatic imine (C=N–C) groups is 1. The molecule has 0 aromatic rings. The van der Waals surface area contributed by atoms with Crippen LogP contribution in [0.3, 0.4) is 0 Å². The van der Waals surface area contributed by atoms with Gasteiger partial charge in [0.15, 0.2) is 0 Å². The quantitative estimate of drug-likeness (QED) is 0.424. The van der Waals surface area contributed by atoms with Crippen molar-refractivity contribution < 1.29 is 9.90 Å². The van der Waals surface area contributed by atoms with Crippen LogP contribution < -0.4 is 11.1 Å². The predicted molar refractivity (Wildman–Crippen MR) is 43.4 cm³/mol. The summed E-state index contributed by atoms with van der Waals surface area (Å²) in [5.74, 6) is -0.973. The van der Waals surface area contributed by atoms with Crippen LogP contribution in [-0.4, -0.2) is 35.3 Å². The van der Waals surface area contributed by atoms with Gasteiger partial charge in [-0.3, -0.25) is 10.2 Å². The standard InChI is InChI=1S/C6H10N4O2/c7-4(5(11)12)1-3-2-9-6(8)10-3/h4H,1-2,7H2,(H2,8,9)(H,11,12). The maximum atomic E-state index is 10.3. The molecule has 0 radical (unpaired) electrons. The van der Waals surface area contributed by atoms with Crippen molar-refractivity contribution in [3.8, 4) is 0 Å². The van der Waals surface area contributed by atoms with E-state index >= 15 is 0 Å². The van der Waals surface area contributed by atoms with Gasteiger partial charge in [-0.25, -0.2) is 4.99 Å². The van der Waals surface area contributed by atoms with Crippen LogP contribution in [0, 0.1) is 5.41 Å². The third-order valence-electron chi connectivity index (χ3n) is 1.50. The third-order valence-corrected chi connectivity index (χ3v) is 1.50. The molecule has 6 heteroatoms. The fraction of sp³-hybridized carbons (Fsp3) is 0.500. The van der Waals surface area contributed by atoms with Gasteiger partial charge in [-0.15, -0.1) is 0 Å². The van der Waals surface area contributed by atoms with Crippen molar-refractivity contribution in [1.82, 2.24) is 5.32 Å². The van der Waals surface area contributed by atoms with Crippen molar-refractivity contribution in [2.45, 2.75) is 12.5 Å². The summed E-state index contributed by atoms with van der Waals surface area (Å²) in [5, 5.41) is 18.1. The van der Waals surface area contributed by atoms with Crippen LogP contribution in [-0.2, 0) is 4.79 Å². The van der Waals surface area contributed by atoms with Gasteiger partial charge >= 0.3 is 5.97 Å². The van der Waals surface area contributed by atoms with Crippen LogP contribution in [0.5, 0.6) is 0 Å². The van der Waals surface area contributed by atoms with Crippen LogP contribution in [0.15, 0.2) is 4.99 Å². The minimum Gasteiger partial charge on any atom is -0.480 e. The summed E-state index contributed by atoms with van der Waals surface area (Å²) in [4.78, 5) is 14.1. The number of carboxylic acids is 1. The first-order chi connectivity index (χ1) is 5.59. The van der Waals surface area contributed by atoms with Crippen LogP contribution in [0.25, 0.3) is 0 Å². The fourth-order valence-electron chi connectivity index (χ4n) is 0.882. The number of rotatable bonds is 3. The Hall–Kier alpha value is -1.43. The average Bonchev–Trinajstić information content (AvgIpc) is 2.35. The summed E-state index contributed by atoms with van der Waals surface area (Å²) in [7, 11) is 0. The molecule has 1 aliphatic heterocycles. The van der Waals surface area contributed by atoms with E-state index in [2.05, 4.69) is 10.3 Å². The van der Waals surface area contributed by atoms with Crippen LogP contribution in [0.4, 0.5) is 0 Å². The van der Waals surface area contributed by atoms with Crippen molar-refractivity contribution in [2.75, 3.05) is 6.54 Å². The zero-order valence-electron chi connectivity index (χ0n) is 6.37. The summed E-state index contributed by atoms with van der Waals surface area (Å²) in [6.07, 6.45) is 0.199. The molecule has 0 aromatic carbocycles. The third kappa shape index (κ3) is 2.03. The molecule has 1 aliphatic rings. The molecule has 0 aromatic heterocycles. The van der Waals surface area contributed by atoms with Crippen molar-refractivity contribution in [1.29, 1.82) is 5.41 Å². The number of carboxylic acid groups (broad SMARTS) is 1. The monoisotopic (exact) mass is 170 g/mol. The number of hydrogen-bond acceptors (Lipinski definition) is 3. The summed E-state index contributed by atoms with van der Waals surface area (Å²) >= 11 is 0. The SMILES string of the molecule is N=C1N=C(CC(N)C(=O)O)CN1. The number of aliphatic carboxylic acids is 1. The van der Waals surface area contributed by atoms with E-state index in [1.165, 1.54) is 0 Å². The molecule has 1 unspecified atom stereocenters. The minimum atomic E-state index is -1.05. The number of nitrogens with zero attached hydrogens (tertiary/aromatic N) is 1. The van der Waals surface area contributed by atoms with Gasteiger partial charge in [-0.2, -0.15) is 0 Å². The van der Waals surface area contributed by atoms with Gasteiger partial charge in [0.2, 0.25) is 5.96 Å². The molecule has 0 saturated heterocycles. The molecule has 0 amide bonds. The molecule has 0 fully saturated rings. The van der Waals surface area contributed by atoms with Crippen LogP contribution >= 0.6 is 0 Å². The largest absolute Gasteiger partial charge is 0.480 e. The Balaban J connectivity index is 2.47. The highest BCUT2D eigenvalue weighted by Crippen LogP contribution is 1.97. The lowest BCUT2D eigenvalue weighted by Gasteiger charge is -2.03. The van der Waals surface area contributed by atoms with Gasteiger partial charge in [0.25, 0.3) is 0 Å². The van der Waals surface area contributed by atoms with E-state index in [1.807, 2.05) is 0 Å². The summed E-state index contributed by atoms with van der Waals surface area (Å²) in [6, 6.07) is -0.920. The zero-order chi connectivity index (χ0) is 9.14. The summed E-state index contributed by atoms with van der Waals surface area (Å²) in [5.41, 5.74) is 5.88. The summed E-state index contributed by atoms with van der Waals surface area (Å²) < 4.78 is 0. The second kappa shape index (κ2) is 3.31. The number of nitrogens with two attached hydrogens (primary N) is 1. The van der Waals surface area contributed by atoms with Gasteiger partial charge in [0.1, 0.15) is 6.04 Å². The van der Waals surface area contributed by atoms with Crippen LogP contribution in [0.1, 0.15) is 6.42 Å². The predicted octanol–water partition coefficient (Wildman–Crippen LogP) is -1.23. The highest BCUT2D eigenvalue weighted by Gasteiger charge is 2.17. The van der Waals surface area contributed by atoms with E-state index in [4.69, 9.17) is 16.2 Å². The lowest BCUT2D eigenvalue weighted by atomic mass is 10.1.